The summed E-state index contributed by atoms with van der Waals surface area (Å²) in [6, 6.07) is 2.53. The monoisotopic (exact) mass is 375 g/mol. The molecule has 2 bridgehead atoms. The molecule has 5 nitrogen and oxygen atoms in total. The number of amides is 2. The summed E-state index contributed by atoms with van der Waals surface area (Å²) < 4.78 is 0. The van der Waals surface area contributed by atoms with Crippen LogP contribution in [0.1, 0.15) is 65.1 Å². The summed E-state index contributed by atoms with van der Waals surface area (Å²) in [5, 5.41) is 6.00. The third-order valence-electron chi connectivity index (χ3n) is 6.33. The van der Waals surface area contributed by atoms with Gasteiger partial charge in [-0.2, -0.15) is 0 Å². The van der Waals surface area contributed by atoms with Gasteiger partial charge in [0.15, 0.2) is 0 Å². The molecule has 1 aromatic heterocycles. The summed E-state index contributed by atoms with van der Waals surface area (Å²) in [7, 11) is 0. The number of aryl methyl sites for hydroxylation is 2. The quantitative estimate of drug-likeness (QED) is 0.755. The lowest BCUT2D eigenvalue weighted by Gasteiger charge is -2.45. The van der Waals surface area contributed by atoms with Crippen LogP contribution in [0.2, 0.25) is 0 Å². The van der Waals surface area contributed by atoms with Gasteiger partial charge in [0.2, 0.25) is 5.91 Å². The highest BCUT2D eigenvalue weighted by molar-refractivity contribution is 7.14. The molecule has 0 spiro atoms. The number of hydrogen-bond donors (Lipinski definition) is 3. The van der Waals surface area contributed by atoms with E-state index in [0.717, 1.165) is 43.4 Å². The minimum atomic E-state index is -0.120. The maximum absolute atomic E-state index is 12.4. The predicted octanol–water partition coefficient (Wildman–Crippen LogP) is 2.38. The van der Waals surface area contributed by atoms with Gasteiger partial charge >= 0.3 is 0 Å². The molecule has 2 atom stereocenters. The largest absolute Gasteiger partial charge is 0.351 e. The van der Waals surface area contributed by atoms with E-state index in [-0.39, 0.29) is 30.4 Å². The average molecular weight is 376 g/mol. The Morgan fingerprint density at radius 2 is 1.85 bits per heavy atom. The Labute approximate surface area is 159 Å². The standard InChI is InChI=1S/C20H29N3O2S/c21-15-8-13-5-3-6-14(9-15)19(13)23-18(24)11-22-20(25)17-10-12-4-1-2-7-16(12)26-17/h10,13-15,19H,1-9,11,21H2,(H,22,25)(H,23,24). The number of nitrogens with one attached hydrogen (secondary N) is 2. The Hall–Kier alpha value is -1.40. The fraction of sp³-hybridized carbons (Fsp3) is 0.700. The fourth-order valence-corrected chi connectivity index (χ4v) is 6.28. The summed E-state index contributed by atoms with van der Waals surface area (Å²) in [5.74, 6) is 0.810. The van der Waals surface area contributed by atoms with Crippen LogP contribution in [0, 0.1) is 11.8 Å². The molecule has 2 unspecified atom stereocenters. The van der Waals surface area contributed by atoms with Crippen LogP contribution in [0.5, 0.6) is 0 Å². The normalized spacial score (nSPS) is 30.3. The third kappa shape index (κ3) is 3.81. The zero-order valence-electron chi connectivity index (χ0n) is 15.3. The molecule has 3 aliphatic carbocycles. The first-order valence-electron chi connectivity index (χ1n) is 10.0. The van der Waals surface area contributed by atoms with Crippen LogP contribution in [0.4, 0.5) is 0 Å². The van der Waals surface area contributed by atoms with Gasteiger partial charge < -0.3 is 16.4 Å². The lowest BCUT2D eigenvalue weighted by molar-refractivity contribution is -0.122. The Bertz CT molecular complexity index is 649. The molecule has 0 aromatic carbocycles. The van der Waals surface area contributed by atoms with Crippen molar-refractivity contribution in [3.05, 3.63) is 21.4 Å². The van der Waals surface area contributed by atoms with Gasteiger partial charge in [0.1, 0.15) is 0 Å². The first kappa shape index (κ1) is 18.0. The molecule has 1 heterocycles. The summed E-state index contributed by atoms with van der Waals surface area (Å²) in [5.41, 5.74) is 7.48. The van der Waals surface area contributed by atoms with Gasteiger partial charge in [-0.15, -0.1) is 11.3 Å². The van der Waals surface area contributed by atoms with Crippen molar-refractivity contribution in [3.63, 3.8) is 0 Å². The van der Waals surface area contributed by atoms with Crippen molar-refractivity contribution >= 4 is 23.2 Å². The molecule has 26 heavy (non-hydrogen) atoms. The van der Waals surface area contributed by atoms with Crippen molar-refractivity contribution < 1.29 is 9.59 Å². The lowest BCUT2D eigenvalue weighted by Crippen LogP contribution is -2.55. The van der Waals surface area contributed by atoms with Crippen LogP contribution in [0.25, 0.3) is 0 Å². The number of carbonyl (C=O) groups is 2. The maximum atomic E-state index is 12.4. The molecule has 1 aromatic rings. The summed E-state index contributed by atoms with van der Waals surface area (Å²) in [4.78, 5) is 26.9. The first-order valence-corrected chi connectivity index (χ1v) is 10.9. The minimum absolute atomic E-state index is 0.0589. The zero-order valence-corrected chi connectivity index (χ0v) is 16.1. The second-order valence-corrected chi connectivity index (χ2v) is 9.36. The number of nitrogens with two attached hydrogens (primary N) is 1. The molecule has 142 valence electrons. The highest BCUT2D eigenvalue weighted by Gasteiger charge is 2.39. The van der Waals surface area contributed by atoms with Crippen molar-refractivity contribution in [1.82, 2.24) is 10.6 Å². The molecule has 2 fully saturated rings. The molecule has 4 N–H and O–H groups in total. The summed E-state index contributed by atoms with van der Waals surface area (Å²) in [6.07, 6.45) is 10.2. The van der Waals surface area contributed by atoms with E-state index in [9.17, 15) is 9.59 Å². The van der Waals surface area contributed by atoms with E-state index in [0.29, 0.717) is 11.8 Å². The van der Waals surface area contributed by atoms with Crippen molar-refractivity contribution in [3.8, 4) is 0 Å². The number of carbonyl (C=O) groups excluding carboxylic acids is 2. The summed E-state index contributed by atoms with van der Waals surface area (Å²) in [6.45, 7) is 0.0589. The van der Waals surface area contributed by atoms with Gasteiger partial charge in [-0.1, -0.05) is 6.42 Å². The molecule has 0 aliphatic heterocycles. The molecule has 0 saturated heterocycles. The molecule has 2 saturated carbocycles. The van der Waals surface area contributed by atoms with Gasteiger partial charge in [0, 0.05) is 17.0 Å². The van der Waals surface area contributed by atoms with Crippen LogP contribution in [0.3, 0.4) is 0 Å². The van der Waals surface area contributed by atoms with Crippen molar-refractivity contribution in [2.45, 2.75) is 69.9 Å². The van der Waals surface area contributed by atoms with Gasteiger partial charge in [0.05, 0.1) is 11.4 Å². The summed E-state index contributed by atoms with van der Waals surface area (Å²) >= 11 is 1.59. The van der Waals surface area contributed by atoms with Crippen molar-refractivity contribution in [2.75, 3.05) is 6.54 Å². The van der Waals surface area contributed by atoms with Crippen molar-refractivity contribution in [1.29, 1.82) is 0 Å². The SMILES string of the molecule is NC1CC2CCCC(C1)C2NC(=O)CNC(=O)c1cc2c(s1)CCCC2. The van der Waals surface area contributed by atoms with Gasteiger partial charge in [0.25, 0.3) is 5.91 Å². The Balaban J connectivity index is 1.30. The predicted molar refractivity (Wildman–Crippen MR) is 103 cm³/mol. The van der Waals surface area contributed by atoms with Gasteiger partial charge in [-0.05, 0) is 74.8 Å². The van der Waals surface area contributed by atoms with Crippen LogP contribution >= 0.6 is 11.3 Å². The van der Waals surface area contributed by atoms with Crippen LogP contribution in [-0.4, -0.2) is 30.4 Å². The fourth-order valence-electron chi connectivity index (χ4n) is 5.11. The van der Waals surface area contributed by atoms with E-state index in [1.807, 2.05) is 6.07 Å². The smallest absolute Gasteiger partial charge is 0.261 e. The number of rotatable bonds is 4. The van der Waals surface area contributed by atoms with Crippen LogP contribution in [0.15, 0.2) is 6.07 Å². The second-order valence-electron chi connectivity index (χ2n) is 8.22. The molecular weight excluding hydrogens is 346 g/mol. The number of hydrogen-bond acceptors (Lipinski definition) is 4. The van der Waals surface area contributed by atoms with E-state index >= 15 is 0 Å². The molecule has 2 amide bonds. The maximum Gasteiger partial charge on any atom is 0.261 e. The van der Waals surface area contributed by atoms with E-state index in [4.69, 9.17) is 5.73 Å². The average Bonchev–Trinajstić information content (AvgIpc) is 3.05. The molecule has 4 rings (SSSR count). The van der Waals surface area contributed by atoms with E-state index in [1.165, 1.54) is 29.7 Å². The van der Waals surface area contributed by atoms with Crippen LogP contribution in [-0.2, 0) is 17.6 Å². The third-order valence-corrected chi connectivity index (χ3v) is 7.57. The first-order chi connectivity index (χ1) is 12.6. The highest BCUT2D eigenvalue weighted by atomic mass is 32.1. The second kappa shape index (κ2) is 7.69. The van der Waals surface area contributed by atoms with E-state index in [2.05, 4.69) is 10.6 Å². The molecule has 6 heteroatoms. The highest BCUT2D eigenvalue weighted by Crippen LogP contribution is 2.39. The van der Waals surface area contributed by atoms with Gasteiger partial charge in [-0.25, -0.2) is 0 Å². The Morgan fingerprint density at radius 1 is 1.12 bits per heavy atom. The van der Waals surface area contributed by atoms with Gasteiger partial charge in [-0.3, -0.25) is 9.59 Å². The molecule has 3 aliphatic rings. The minimum Gasteiger partial charge on any atom is -0.351 e. The molecular formula is C20H29N3O2S. The number of fused-ring (bicyclic) bond motifs is 3. The lowest BCUT2D eigenvalue weighted by atomic mass is 9.67. The Morgan fingerprint density at radius 3 is 2.58 bits per heavy atom. The van der Waals surface area contributed by atoms with E-state index in [1.54, 1.807) is 11.3 Å². The Kier molecular flexibility index (Phi) is 5.32. The van der Waals surface area contributed by atoms with Crippen molar-refractivity contribution in [2.24, 2.45) is 17.6 Å². The molecule has 0 radical (unpaired) electrons. The van der Waals surface area contributed by atoms with Crippen LogP contribution < -0.4 is 16.4 Å². The zero-order chi connectivity index (χ0) is 18.1. The number of thiophene rings is 1. The van der Waals surface area contributed by atoms with E-state index < -0.39 is 0 Å². The topological polar surface area (TPSA) is 84.2 Å².